The molecular weight excluding hydrogens is 372 g/mol. The number of hydrogen-bond acceptors (Lipinski definition) is 6. The van der Waals surface area contributed by atoms with Crippen molar-refractivity contribution in [2.24, 2.45) is 0 Å². The molecule has 2 aromatic rings. The third-order valence-electron chi connectivity index (χ3n) is 4.24. The van der Waals surface area contributed by atoms with Gasteiger partial charge in [-0.25, -0.2) is 0 Å². The Kier molecular flexibility index (Phi) is 4.73. The van der Waals surface area contributed by atoms with Gasteiger partial charge in [-0.3, -0.25) is 14.9 Å². The van der Waals surface area contributed by atoms with E-state index in [4.69, 9.17) is 16.3 Å². The SMILES string of the molecule is CC1(C)CN(c2cnn(-c3ccc([N+](=O)[O-])cc3)c(=O)c2Cl)CC(C)(C)O1. The smallest absolute Gasteiger partial charge is 0.292 e. The summed E-state index contributed by atoms with van der Waals surface area (Å²) in [6.07, 6.45) is 1.54. The van der Waals surface area contributed by atoms with Crippen LogP contribution in [0.25, 0.3) is 5.69 Å². The van der Waals surface area contributed by atoms with Crippen LogP contribution in [-0.2, 0) is 4.74 Å². The summed E-state index contributed by atoms with van der Waals surface area (Å²) in [4.78, 5) is 25.0. The molecule has 0 unspecified atom stereocenters. The van der Waals surface area contributed by atoms with Crippen LogP contribution in [0.2, 0.25) is 5.02 Å². The van der Waals surface area contributed by atoms with Crippen molar-refractivity contribution in [3.8, 4) is 5.69 Å². The maximum absolute atomic E-state index is 12.8. The van der Waals surface area contributed by atoms with Crippen LogP contribution in [0.5, 0.6) is 0 Å². The Labute approximate surface area is 161 Å². The monoisotopic (exact) mass is 392 g/mol. The number of morpholine rings is 1. The maximum Gasteiger partial charge on any atom is 0.292 e. The van der Waals surface area contributed by atoms with Crippen LogP contribution in [-0.4, -0.2) is 39.0 Å². The second-order valence-corrected chi connectivity index (χ2v) is 8.19. The predicted molar refractivity (Wildman–Crippen MR) is 103 cm³/mol. The maximum atomic E-state index is 12.8. The van der Waals surface area contributed by atoms with Crippen molar-refractivity contribution in [1.29, 1.82) is 0 Å². The van der Waals surface area contributed by atoms with E-state index in [-0.39, 0.29) is 10.7 Å². The molecule has 1 aliphatic heterocycles. The van der Waals surface area contributed by atoms with E-state index in [0.29, 0.717) is 24.5 Å². The van der Waals surface area contributed by atoms with E-state index in [1.165, 1.54) is 24.3 Å². The molecule has 144 valence electrons. The number of ether oxygens (including phenoxy) is 1. The normalized spacial score (nSPS) is 18.3. The van der Waals surface area contributed by atoms with Crippen LogP contribution >= 0.6 is 11.6 Å². The standard InChI is InChI=1S/C18H21ClN4O4/c1-17(2)10-21(11-18(3,4)27-17)14-9-20-22(16(24)15(14)19)12-5-7-13(8-6-12)23(25)26/h5-9H,10-11H2,1-4H3. The number of benzene rings is 1. The van der Waals surface area contributed by atoms with Crippen LogP contribution in [0.15, 0.2) is 35.3 Å². The highest BCUT2D eigenvalue weighted by molar-refractivity contribution is 6.33. The molecule has 0 radical (unpaired) electrons. The summed E-state index contributed by atoms with van der Waals surface area (Å²) in [6, 6.07) is 5.56. The van der Waals surface area contributed by atoms with Crippen molar-refractivity contribution in [3.63, 3.8) is 0 Å². The highest BCUT2D eigenvalue weighted by Gasteiger charge is 2.39. The lowest BCUT2D eigenvalue weighted by Gasteiger charge is -2.48. The molecule has 1 aromatic carbocycles. The second-order valence-electron chi connectivity index (χ2n) is 7.81. The number of anilines is 1. The van der Waals surface area contributed by atoms with Crippen LogP contribution in [0.3, 0.4) is 0 Å². The highest BCUT2D eigenvalue weighted by atomic mass is 35.5. The quantitative estimate of drug-likeness (QED) is 0.588. The van der Waals surface area contributed by atoms with E-state index in [0.717, 1.165) is 4.68 Å². The van der Waals surface area contributed by atoms with Crippen molar-refractivity contribution in [3.05, 3.63) is 56.0 Å². The van der Waals surface area contributed by atoms with Crippen molar-refractivity contribution in [2.45, 2.75) is 38.9 Å². The van der Waals surface area contributed by atoms with E-state index in [9.17, 15) is 14.9 Å². The first-order valence-electron chi connectivity index (χ1n) is 8.47. The topological polar surface area (TPSA) is 90.5 Å². The van der Waals surface area contributed by atoms with Gasteiger partial charge in [0.25, 0.3) is 11.2 Å². The number of nitro benzene ring substituents is 1. The number of nitro groups is 1. The fourth-order valence-corrected chi connectivity index (χ4v) is 3.75. The molecule has 0 bridgehead atoms. The predicted octanol–water partition coefficient (Wildman–Crippen LogP) is 3.19. The number of nitrogens with zero attached hydrogens (tertiary/aromatic N) is 4. The summed E-state index contributed by atoms with van der Waals surface area (Å²) in [5.41, 5.74) is -0.403. The molecule has 0 atom stereocenters. The van der Waals surface area contributed by atoms with Crippen LogP contribution in [0.4, 0.5) is 11.4 Å². The Morgan fingerprint density at radius 2 is 1.70 bits per heavy atom. The van der Waals surface area contributed by atoms with Gasteiger partial charge in [0.05, 0.1) is 33.7 Å². The Bertz CT molecular complexity index is 921. The number of hydrogen-bond donors (Lipinski definition) is 0. The highest BCUT2D eigenvalue weighted by Crippen LogP contribution is 2.33. The van der Waals surface area contributed by atoms with Gasteiger partial charge in [0.1, 0.15) is 5.02 Å². The lowest BCUT2D eigenvalue weighted by Crippen LogP contribution is -2.57. The molecule has 0 spiro atoms. The van der Waals surface area contributed by atoms with Gasteiger partial charge in [0.2, 0.25) is 0 Å². The van der Waals surface area contributed by atoms with Gasteiger partial charge in [0.15, 0.2) is 0 Å². The molecule has 1 aromatic heterocycles. The molecule has 0 saturated carbocycles. The first-order valence-corrected chi connectivity index (χ1v) is 8.85. The van der Waals surface area contributed by atoms with Crippen LogP contribution in [0.1, 0.15) is 27.7 Å². The largest absolute Gasteiger partial charge is 0.366 e. The Morgan fingerprint density at radius 1 is 1.15 bits per heavy atom. The summed E-state index contributed by atoms with van der Waals surface area (Å²) in [5, 5.41) is 15.1. The van der Waals surface area contributed by atoms with Crippen molar-refractivity contribution in [2.75, 3.05) is 18.0 Å². The molecule has 2 heterocycles. The van der Waals surface area contributed by atoms with Gasteiger partial charge in [-0.05, 0) is 39.8 Å². The molecule has 1 saturated heterocycles. The van der Waals surface area contributed by atoms with Gasteiger partial charge < -0.3 is 9.64 Å². The Hall–Kier alpha value is -2.45. The second kappa shape index (κ2) is 6.61. The minimum Gasteiger partial charge on any atom is -0.366 e. The van der Waals surface area contributed by atoms with E-state index in [2.05, 4.69) is 5.10 Å². The Balaban J connectivity index is 1.98. The summed E-state index contributed by atoms with van der Waals surface area (Å²) in [7, 11) is 0. The molecular formula is C18H21ClN4O4. The molecule has 1 fully saturated rings. The lowest BCUT2D eigenvalue weighted by molar-refractivity contribution is -0.384. The fraction of sp³-hybridized carbons (Fsp3) is 0.444. The third kappa shape index (κ3) is 3.96. The van der Waals surface area contributed by atoms with Crippen molar-refractivity contribution >= 4 is 23.0 Å². The summed E-state index contributed by atoms with van der Waals surface area (Å²) in [5.74, 6) is 0. The molecule has 0 amide bonds. The molecule has 1 aliphatic rings. The van der Waals surface area contributed by atoms with Gasteiger partial charge in [-0.1, -0.05) is 11.6 Å². The summed E-state index contributed by atoms with van der Waals surface area (Å²) < 4.78 is 7.19. The van der Waals surface area contributed by atoms with Gasteiger partial charge in [-0.15, -0.1) is 0 Å². The Morgan fingerprint density at radius 3 is 2.22 bits per heavy atom. The minimum absolute atomic E-state index is 0.0526. The molecule has 27 heavy (non-hydrogen) atoms. The molecule has 9 heteroatoms. The zero-order valence-electron chi connectivity index (χ0n) is 15.6. The third-order valence-corrected chi connectivity index (χ3v) is 4.60. The molecule has 0 aliphatic carbocycles. The summed E-state index contributed by atoms with van der Waals surface area (Å²) >= 11 is 6.39. The van der Waals surface area contributed by atoms with Crippen molar-refractivity contribution < 1.29 is 9.66 Å². The van der Waals surface area contributed by atoms with E-state index >= 15 is 0 Å². The van der Waals surface area contributed by atoms with Gasteiger partial charge in [0, 0.05) is 25.2 Å². The zero-order valence-corrected chi connectivity index (χ0v) is 16.4. The van der Waals surface area contributed by atoms with E-state index in [1.807, 2.05) is 32.6 Å². The number of non-ortho nitro benzene ring substituents is 1. The average Bonchev–Trinajstić information content (AvgIpc) is 2.54. The molecule has 3 rings (SSSR count). The first kappa shape index (κ1) is 19.3. The number of aromatic nitrogens is 2. The molecule has 8 nitrogen and oxygen atoms in total. The van der Waals surface area contributed by atoms with E-state index < -0.39 is 21.7 Å². The van der Waals surface area contributed by atoms with Crippen LogP contribution < -0.4 is 10.5 Å². The van der Waals surface area contributed by atoms with Crippen molar-refractivity contribution in [1.82, 2.24) is 9.78 Å². The first-order chi connectivity index (χ1) is 12.5. The average molecular weight is 393 g/mol. The number of halogens is 1. The van der Waals surface area contributed by atoms with Gasteiger partial charge >= 0.3 is 0 Å². The van der Waals surface area contributed by atoms with Gasteiger partial charge in [-0.2, -0.15) is 9.78 Å². The van der Waals surface area contributed by atoms with Crippen LogP contribution in [0, 0.1) is 10.1 Å². The fourth-order valence-electron chi connectivity index (χ4n) is 3.50. The molecule has 0 N–H and O–H groups in total. The summed E-state index contributed by atoms with van der Waals surface area (Å²) in [6.45, 7) is 9.08. The lowest BCUT2D eigenvalue weighted by atomic mass is 9.98. The van der Waals surface area contributed by atoms with E-state index in [1.54, 1.807) is 6.20 Å². The zero-order chi connectivity index (χ0) is 20.0. The number of rotatable bonds is 3. The minimum atomic E-state index is -0.502.